The van der Waals surface area contributed by atoms with Gasteiger partial charge in [-0.15, -0.1) is 0 Å². The first-order chi connectivity index (χ1) is 11.6. The maximum atomic E-state index is 13.3. The Kier molecular flexibility index (Phi) is 6.07. The van der Waals surface area contributed by atoms with Gasteiger partial charge in [0.15, 0.2) is 0 Å². The molecule has 0 spiro atoms. The van der Waals surface area contributed by atoms with E-state index < -0.39 is 23.7 Å². The van der Waals surface area contributed by atoms with Crippen LogP contribution in [-0.2, 0) is 0 Å². The number of hydrogen-bond acceptors (Lipinski definition) is 2. The van der Waals surface area contributed by atoms with Gasteiger partial charge in [-0.1, -0.05) is 24.3 Å². The summed E-state index contributed by atoms with van der Waals surface area (Å²) < 4.78 is 26.7. The van der Waals surface area contributed by atoms with Crippen molar-refractivity contribution in [1.29, 1.82) is 0 Å². The molecule has 0 heterocycles. The highest BCUT2D eigenvalue weighted by Crippen LogP contribution is 2.12. The molecule has 126 valence electrons. The van der Waals surface area contributed by atoms with Gasteiger partial charge in [0.25, 0.3) is 0 Å². The summed E-state index contributed by atoms with van der Waals surface area (Å²) in [4.78, 5) is 23.2. The Bertz CT molecular complexity index is 663. The monoisotopic (exact) mass is 334 g/mol. The van der Waals surface area contributed by atoms with Crippen molar-refractivity contribution < 1.29 is 18.4 Å². The van der Waals surface area contributed by atoms with E-state index in [1.54, 1.807) is 12.1 Å². The molecule has 2 aromatic carbocycles. The highest BCUT2D eigenvalue weighted by molar-refractivity contribution is 5.90. The molecule has 8 heteroatoms. The summed E-state index contributed by atoms with van der Waals surface area (Å²) in [5.41, 5.74) is 0.112. The maximum Gasteiger partial charge on any atom is 0.319 e. The minimum absolute atomic E-state index is 0.0558. The van der Waals surface area contributed by atoms with Gasteiger partial charge >= 0.3 is 12.1 Å². The van der Waals surface area contributed by atoms with E-state index in [4.69, 9.17) is 0 Å². The summed E-state index contributed by atoms with van der Waals surface area (Å²) in [6.45, 7) is 0.232. The zero-order valence-electron chi connectivity index (χ0n) is 12.6. The molecule has 0 saturated heterocycles. The summed E-state index contributed by atoms with van der Waals surface area (Å²) >= 11 is 0. The van der Waals surface area contributed by atoms with Crippen LogP contribution in [0.3, 0.4) is 0 Å². The lowest BCUT2D eigenvalue weighted by Gasteiger charge is -2.10. The smallest absolute Gasteiger partial charge is 0.319 e. The molecule has 0 aliphatic heterocycles. The van der Waals surface area contributed by atoms with Crippen LogP contribution in [-0.4, -0.2) is 25.2 Å². The summed E-state index contributed by atoms with van der Waals surface area (Å²) in [7, 11) is 0. The minimum Gasteiger partial charge on any atom is -0.336 e. The van der Waals surface area contributed by atoms with Crippen molar-refractivity contribution in [2.75, 3.05) is 23.7 Å². The van der Waals surface area contributed by atoms with E-state index in [1.807, 2.05) is 0 Å². The van der Waals surface area contributed by atoms with Crippen molar-refractivity contribution in [2.45, 2.75) is 0 Å². The van der Waals surface area contributed by atoms with Crippen molar-refractivity contribution >= 4 is 23.4 Å². The molecule has 6 nitrogen and oxygen atoms in total. The van der Waals surface area contributed by atoms with Gasteiger partial charge in [-0.05, 0) is 24.3 Å². The zero-order chi connectivity index (χ0) is 17.4. The average molecular weight is 334 g/mol. The molecule has 0 fully saturated rings. The van der Waals surface area contributed by atoms with Crippen LogP contribution in [0.1, 0.15) is 0 Å². The van der Waals surface area contributed by atoms with Crippen LogP contribution in [0, 0.1) is 11.6 Å². The van der Waals surface area contributed by atoms with Crippen LogP contribution < -0.4 is 21.3 Å². The molecule has 0 atom stereocenters. The molecule has 2 rings (SSSR count). The molecule has 0 unspecified atom stereocenters. The Morgan fingerprint density at radius 2 is 1.08 bits per heavy atom. The van der Waals surface area contributed by atoms with Gasteiger partial charge in [-0.3, -0.25) is 0 Å². The van der Waals surface area contributed by atoms with Crippen molar-refractivity contribution in [1.82, 2.24) is 10.6 Å². The van der Waals surface area contributed by atoms with Crippen molar-refractivity contribution in [3.05, 3.63) is 60.2 Å². The average Bonchev–Trinajstić information content (AvgIpc) is 2.56. The molecular weight excluding hydrogens is 318 g/mol. The van der Waals surface area contributed by atoms with Gasteiger partial charge in [0.05, 0.1) is 11.4 Å². The third kappa shape index (κ3) is 5.24. The molecule has 4 amide bonds. The van der Waals surface area contributed by atoms with Crippen molar-refractivity contribution in [3.8, 4) is 0 Å². The van der Waals surface area contributed by atoms with E-state index in [0.717, 1.165) is 0 Å². The lowest BCUT2D eigenvalue weighted by Crippen LogP contribution is -2.38. The Morgan fingerprint density at radius 1 is 0.708 bits per heavy atom. The number of amides is 4. The van der Waals surface area contributed by atoms with Crippen LogP contribution in [0.2, 0.25) is 0 Å². The molecule has 24 heavy (non-hydrogen) atoms. The summed E-state index contributed by atoms with van der Waals surface area (Å²) in [6.07, 6.45) is 0. The van der Waals surface area contributed by atoms with Crippen molar-refractivity contribution in [2.24, 2.45) is 0 Å². The highest BCUT2D eigenvalue weighted by atomic mass is 19.1. The number of halogens is 2. The van der Waals surface area contributed by atoms with E-state index in [0.29, 0.717) is 0 Å². The predicted octanol–water partition coefficient (Wildman–Crippen LogP) is 2.91. The summed E-state index contributed by atoms with van der Waals surface area (Å²) in [6, 6.07) is 10.3. The largest absolute Gasteiger partial charge is 0.336 e. The highest BCUT2D eigenvalue weighted by Gasteiger charge is 2.07. The second-order valence-corrected chi connectivity index (χ2v) is 4.72. The van der Waals surface area contributed by atoms with Gasteiger partial charge in [-0.2, -0.15) is 0 Å². The fourth-order valence-electron chi connectivity index (χ4n) is 1.81. The number of para-hydroxylation sites is 2. The second kappa shape index (κ2) is 8.47. The van der Waals surface area contributed by atoms with Gasteiger partial charge in [-0.25, -0.2) is 18.4 Å². The first-order valence-corrected chi connectivity index (χ1v) is 7.15. The standard InChI is InChI=1S/C16H16F2N4O2/c17-11-5-1-3-7-13(11)21-15(23)19-9-10-20-16(24)22-14-8-4-2-6-12(14)18/h1-8H,9-10H2,(H2,19,21,23)(H2,20,22,24). The fourth-order valence-corrected chi connectivity index (χ4v) is 1.81. The summed E-state index contributed by atoms with van der Waals surface area (Å²) in [5, 5.41) is 9.60. The number of nitrogens with one attached hydrogen (secondary N) is 4. The third-order valence-corrected chi connectivity index (χ3v) is 2.94. The second-order valence-electron chi connectivity index (χ2n) is 4.72. The molecule has 0 aromatic heterocycles. The number of urea groups is 2. The molecule has 0 aliphatic rings. The number of carbonyl (C=O) groups is 2. The van der Waals surface area contributed by atoms with Crippen LogP contribution >= 0.6 is 0 Å². The lowest BCUT2D eigenvalue weighted by molar-refractivity contribution is 0.248. The van der Waals surface area contributed by atoms with E-state index >= 15 is 0 Å². The number of rotatable bonds is 5. The SMILES string of the molecule is O=C(NCCNC(=O)Nc1ccccc1F)Nc1ccccc1F. The molecule has 0 aliphatic carbocycles. The van der Waals surface area contributed by atoms with Gasteiger partial charge in [0.1, 0.15) is 11.6 Å². The molecular formula is C16H16F2N4O2. The lowest BCUT2D eigenvalue weighted by atomic mass is 10.3. The number of carbonyl (C=O) groups excluding carboxylic acids is 2. The maximum absolute atomic E-state index is 13.3. The number of benzene rings is 2. The topological polar surface area (TPSA) is 82.3 Å². The minimum atomic E-state index is -0.601. The third-order valence-electron chi connectivity index (χ3n) is 2.94. The van der Waals surface area contributed by atoms with Crippen molar-refractivity contribution in [3.63, 3.8) is 0 Å². The Morgan fingerprint density at radius 3 is 1.46 bits per heavy atom. The van der Waals surface area contributed by atoms with Crippen LogP contribution in [0.5, 0.6) is 0 Å². The zero-order valence-corrected chi connectivity index (χ0v) is 12.6. The van der Waals surface area contributed by atoms with E-state index in [-0.39, 0.29) is 24.5 Å². The normalized spacial score (nSPS) is 9.92. The van der Waals surface area contributed by atoms with Gasteiger partial charge in [0, 0.05) is 13.1 Å². The summed E-state index contributed by atoms with van der Waals surface area (Å²) in [5.74, 6) is -1.09. The van der Waals surface area contributed by atoms with Gasteiger partial charge < -0.3 is 21.3 Å². The van der Waals surface area contributed by atoms with Crippen LogP contribution in [0.25, 0.3) is 0 Å². The van der Waals surface area contributed by atoms with Crippen LogP contribution in [0.4, 0.5) is 29.7 Å². The first kappa shape index (κ1) is 17.2. The fraction of sp³-hybridized carbons (Fsp3) is 0.125. The molecule has 0 radical (unpaired) electrons. The predicted molar refractivity (Wildman–Crippen MR) is 86.8 cm³/mol. The van der Waals surface area contributed by atoms with Gasteiger partial charge in [0.2, 0.25) is 0 Å². The molecule has 0 saturated carbocycles. The number of hydrogen-bond donors (Lipinski definition) is 4. The van der Waals surface area contributed by atoms with E-state index in [1.165, 1.54) is 36.4 Å². The molecule has 2 aromatic rings. The Hall–Kier alpha value is -3.16. The quantitative estimate of drug-likeness (QED) is 0.634. The van der Waals surface area contributed by atoms with E-state index in [9.17, 15) is 18.4 Å². The Labute approximate surface area is 137 Å². The Balaban J connectivity index is 1.67. The van der Waals surface area contributed by atoms with E-state index in [2.05, 4.69) is 21.3 Å². The molecule has 4 N–H and O–H groups in total. The van der Waals surface area contributed by atoms with Crippen LogP contribution in [0.15, 0.2) is 48.5 Å². The number of anilines is 2. The molecule has 0 bridgehead atoms. The first-order valence-electron chi connectivity index (χ1n) is 7.15.